The van der Waals surface area contributed by atoms with E-state index in [0.29, 0.717) is 45.0 Å². The Bertz CT molecular complexity index is 927. The second kappa shape index (κ2) is 8.73. The molecule has 2 aliphatic heterocycles. The van der Waals surface area contributed by atoms with E-state index in [-0.39, 0.29) is 30.0 Å². The molecule has 2 saturated heterocycles. The highest BCUT2D eigenvalue weighted by molar-refractivity contribution is 5.89. The Morgan fingerprint density at radius 1 is 1.07 bits per heavy atom. The minimum Gasteiger partial charge on any atom is -0.496 e. The summed E-state index contributed by atoms with van der Waals surface area (Å²) in [6, 6.07) is 14.3. The van der Waals surface area contributed by atoms with Crippen LogP contribution in [0.2, 0.25) is 0 Å². The molecule has 1 atom stereocenters. The molecule has 30 heavy (non-hydrogen) atoms. The lowest BCUT2D eigenvalue weighted by molar-refractivity contribution is -0.136. The van der Waals surface area contributed by atoms with Crippen molar-refractivity contribution in [1.29, 1.82) is 0 Å². The summed E-state index contributed by atoms with van der Waals surface area (Å²) in [4.78, 5) is 31.0. The van der Waals surface area contributed by atoms with E-state index < -0.39 is 0 Å². The first kappa shape index (κ1) is 20.2. The fourth-order valence-electron chi connectivity index (χ4n) is 4.26. The molecule has 2 aliphatic rings. The molecular formula is C23H26FN3O3. The molecule has 2 fully saturated rings. The van der Waals surface area contributed by atoms with E-state index >= 15 is 0 Å². The van der Waals surface area contributed by atoms with Gasteiger partial charge in [-0.3, -0.25) is 9.59 Å². The number of benzene rings is 2. The molecule has 2 amide bonds. The second-order valence-electron chi connectivity index (χ2n) is 7.75. The minimum absolute atomic E-state index is 0.00995. The number of para-hydroxylation sites is 2. The standard InChI is InChI=1S/C23H26FN3O3/c1-30-21-9-5-2-6-17(21)15-27-16-18(14-22(27)28)23(29)26-12-10-25(11-13-26)20-8-4-3-7-19(20)24/h2-9,18H,10-16H2,1H3. The lowest BCUT2D eigenvalue weighted by Crippen LogP contribution is -2.50. The zero-order chi connectivity index (χ0) is 21.1. The first-order valence-corrected chi connectivity index (χ1v) is 10.2. The van der Waals surface area contributed by atoms with Gasteiger partial charge in [-0.1, -0.05) is 30.3 Å². The van der Waals surface area contributed by atoms with Crippen molar-refractivity contribution in [2.75, 3.05) is 44.7 Å². The maximum atomic E-state index is 14.0. The van der Waals surface area contributed by atoms with Crippen molar-refractivity contribution in [3.05, 3.63) is 59.9 Å². The van der Waals surface area contributed by atoms with Crippen molar-refractivity contribution < 1.29 is 18.7 Å². The number of piperazine rings is 1. The van der Waals surface area contributed by atoms with E-state index in [4.69, 9.17) is 4.74 Å². The maximum absolute atomic E-state index is 14.0. The average molecular weight is 411 g/mol. The van der Waals surface area contributed by atoms with Gasteiger partial charge in [0.25, 0.3) is 0 Å². The number of carbonyl (C=O) groups excluding carboxylic acids is 2. The number of methoxy groups -OCH3 is 1. The van der Waals surface area contributed by atoms with Crippen molar-refractivity contribution in [1.82, 2.24) is 9.80 Å². The van der Waals surface area contributed by atoms with Crippen LogP contribution in [-0.2, 0) is 16.1 Å². The SMILES string of the molecule is COc1ccccc1CN1CC(C(=O)N2CCN(c3ccccc3F)CC2)CC1=O. The highest BCUT2D eigenvalue weighted by atomic mass is 19.1. The predicted molar refractivity (Wildman–Crippen MR) is 112 cm³/mol. The van der Waals surface area contributed by atoms with Gasteiger partial charge in [-0.05, 0) is 18.2 Å². The van der Waals surface area contributed by atoms with E-state index in [2.05, 4.69) is 0 Å². The predicted octanol–water partition coefficient (Wildman–Crippen LogP) is 2.53. The van der Waals surface area contributed by atoms with Crippen LogP contribution in [0.25, 0.3) is 0 Å². The Morgan fingerprint density at radius 3 is 2.50 bits per heavy atom. The van der Waals surface area contributed by atoms with Crippen LogP contribution >= 0.6 is 0 Å². The number of carbonyl (C=O) groups is 2. The summed E-state index contributed by atoms with van der Waals surface area (Å²) < 4.78 is 19.4. The molecule has 7 heteroatoms. The van der Waals surface area contributed by atoms with E-state index in [1.165, 1.54) is 6.07 Å². The number of halogens is 1. The van der Waals surface area contributed by atoms with Crippen molar-refractivity contribution in [3.63, 3.8) is 0 Å². The van der Waals surface area contributed by atoms with Crippen LogP contribution in [0.3, 0.4) is 0 Å². The third kappa shape index (κ3) is 4.10. The molecule has 0 N–H and O–H groups in total. The summed E-state index contributed by atoms with van der Waals surface area (Å²) in [5.41, 5.74) is 1.50. The van der Waals surface area contributed by atoms with Crippen molar-refractivity contribution in [2.45, 2.75) is 13.0 Å². The minimum atomic E-state index is -0.327. The van der Waals surface area contributed by atoms with Gasteiger partial charge in [0.05, 0.1) is 18.7 Å². The van der Waals surface area contributed by atoms with Crippen molar-refractivity contribution >= 4 is 17.5 Å². The third-order valence-corrected chi connectivity index (χ3v) is 5.90. The number of hydrogen-bond donors (Lipinski definition) is 0. The fraction of sp³-hybridized carbons (Fsp3) is 0.391. The highest BCUT2D eigenvalue weighted by Gasteiger charge is 2.37. The van der Waals surface area contributed by atoms with Gasteiger partial charge in [0, 0.05) is 51.3 Å². The highest BCUT2D eigenvalue weighted by Crippen LogP contribution is 2.27. The molecule has 0 radical (unpaired) electrons. The molecule has 1 unspecified atom stereocenters. The number of likely N-dealkylation sites (tertiary alicyclic amines) is 1. The monoisotopic (exact) mass is 411 g/mol. The Hall–Kier alpha value is -3.09. The van der Waals surface area contributed by atoms with Crippen LogP contribution in [-0.4, -0.2) is 61.4 Å². The largest absolute Gasteiger partial charge is 0.496 e. The molecule has 0 saturated carbocycles. The Balaban J connectivity index is 1.35. The van der Waals surface area contributed by atoms with Gasteiger partial charge in [-0.15, -0.1) is 0 Å². The first-order chi connectivity index (χ1) is 14.6. The summed E-state index contributed by atoms with van der Waals surface area (Å²) >= 11 is 0. The zero-order valence-electron chi connectivity index (χ0n) is 17.1. The molecule has 158 valence electrons. The van der Waals surface area contributed by atoms with Gasteiger partial charge in [0.15, 0.2) is 0 Å². The molecule has 2 aromatic carbocycles. The number of amides is 2. The van der Waals surface area contributed by atoms with E-state index in [9.17, 15) is 14.0 Å². The van der Waals surface area contributed by atoms with Crippen LogP contribution < -0.4 is 9.64 Å². The summed E-state index contributed by atoms with van der Waals surface area (Å²) in [6.07, 6.45) is 0.238. The average Bonchev–Trinajstić information content (AvgIpc) is 3.14. The number of anilines is 1. The molecule has 0 aliphatic carbocycles. The lowest BCUT2D eigenvalue weighted by atomic mass is 10.1. The van der Waals surface area contributed by atoms with Gasteiger partial charge >= 0.3 is 0 Å². The van der Waals surface area contributed by atoms with E-state index in [1.807, 2.05) is 40.1 Å². The molecule has 6 nitrogen and oxygen atoms in total. The number of nitrogens with zero attached hydrogens (tertiary/aromatic N) is 3. The molecule has 2 aromatic rings. The van der Waals surface area contributed by atoms with Crippen molar-refractivity contribution in [3.8, 4) is 5.75 Å². The normalized spacial score (nSPS) is 19.3. The fourth-order valence-corrected chi connectivity index (χ4v) is 4.26. The Kier molecular flexibility index (Phi) is 5.88. The van der Waals surface area contributed by atoms with Gasteiger partial charge in [0.2, 0.25) is 11.8 Å². The van der Waals surface area contributed by atoms with Gasteiger partial charge in [-0.2, -0.15) is 0 Å². The summed E-state index contributed by atoms with van der Waals surface area (Å²) in [6.45, 7) is 3.09. The first-order valence-electron chi connectivity index (χ1n) is 10.2. The molecule has 2 heterocycles. The van der Waals surface area contributed by atoms with Gasteiger partial charge in [0.1, 0.15) is 11.6 Å². The smallest absolute Gasteiger partial charge is 0.228 e. The maximum Gasteiger partial charge on any atom is 0.228 e. The van der Waals surface area contributed by atoms with Crippen LogP contribution in [0, 0.1) is 11.7 Å². The van der Waals surface area contributed by atoms with Crippen molar-refractivity contribution in [2.24, 2.45) is 5.92 Å². The van der Waals surface area contributed by atoms with Crippen LogP contribution in [0.4, 0.5) is 10.1 Å². The Labute approximate surface area is 175 Å². The van der Waals surface area contributed by atoms with Crippen LogP contribution in [0.1, 0.15) is 12.0 Å². The molecule has 0 aromatic heterocycles. The summed E-state index contributed by atoms with van der Waals surface area (Å²) in [5, 5.41) is 0. The van der Waals surface area contributed by atoms with Crippen LogP contribution in [0.5, 0.6) is 5.75 Å². The second-order valence-corrected chi connectivity index (χ2v) is 7.75. The number of ether oxygens (including phenoxy) is 1. The van der Waals surface area contributed by atoms with Gasteiger partial charge < -0.3 is 19.4 Å². The molecule has 0 spiro atoms. The topological polar surface area (TPSA) is 53.1 Å². The van der Waals surface area contributed by atoms with E-state index in [0.717, 1.165) is 11.3 Å². The third-order valence-electron chi connectivity index (χ3n) is 5.90. The molecular weight excluding hydrogens is 385 g/mol. The van der Waals surface area contributed by atoms with E-state index in [1.54, 1.807) is 24.1 Å². The van der Waals surface area contributed by atoms with Gasteiger partial charge in [-0.25, -0.2) is 4.39 Å². The lowest BCUT2D eigenvalue weighted by Gasteiger charge is -2.37. The Morgan fingerprint density at radius 2 is 1.77 bits per heavy atom. The molecule has 0 bridgehead atoms. The van der Waals surface area contributed by atoms with Crippen LogP contribution in [0.15, 0.2) is 48.5 Å². The number of rotatable bonds is 5. The molecule has 4 rings (SSSR count). The quantitative estimate of drug-likeness (QED) is 0.759. The number of hydrogen-bond acceptors (Lipinski definition) is 4. The summed E-state index contributed by atoms with van der Waals surface area (Å²) in [5.74, 6) is 0.172. The summed E-state index contributed by atoms with van der Waals surface area (Å²) in [7, 11) is 1.61. The zero-order valence-corrected chi connectivity index (χ0v) is 17.1.